The number of nitrogens with zero attached hydrogens (tertiary/aromatic N) is 1. The van der Waals surface area contributed by atoms with Crippen molar-refractivity contribution in [3.8, 4) is 0 Å². The zero-order chi connectivity index (χ0) is 11.8. The summed E-state index contributed by atoms with van der Waals surface area (Å²) in [7, 11) is 0. The maximum absolute atomic E-state index is 4.46. The molecule has 0 saturated carbocycles. The Kier molecular flexibility index (Phi) is 6.39. The van der Waals surface area contributed by atoms with E-state index < -0.39 is 0 Å². The lowest BCUT2D eigenvalue weighted by Crippen LogP contribution is -1.80. The van der Waals surface area contributed by atoms with Gasteiger partial charge < -0.3 is 0 Å². The van der Waals surface area contributed by atoms with Crippen LogP contribution < -0.4 is 0 Å². The molecule has 0 radical (unpaired) electrons. The molecule has 0 atom stereocenters. The molecular weight excluding hydrogens is 214 g/mol. The maximum Gasteiger partial charge on any atom is 0.0931 e. The second-order valence-electron chi connectivity index (χ2n) is 4.28. The summed E-state index contributed by atoms with van der Waals surface area (Å²) in [4.78, 5) is 5.75. The highest BCUT2D eigenvalue weighted by Gasteiger charge is 2.04. The molecule has 0 aromatic carbocycles. The number of thiazole rings is 1. The van der Waals surface area contributed by atoms with Crippen LogP contribution in [0.3, 0.4) is 0 Å². The number of allylic oxidation sites excluding steroid dienone is 1. The number of hydrogen-bond donors (Lipinski definition) is 0. The van der Waals surface area contributed by atoms with Crippen LogP contribution in [0.1, 0.15) is 62.3 Å². The summed E-state index contributed by atoms with van der Waals surface area (Å²) in [6.07, 6.45) is 10.6. The lowest BCUT2D eigenvalue weighted by molar-refractivity contribution is 0.736. The fourth-order valence-corrected chi connectivity index (χ4v) is 2.59. The number of hydrogen-bond acceptors (Lipinski definition) is 2. The van der Waals surface area contributed by atoms with Gasteiger partial charge in [-0.05, 0) is 31.3 Å². The molecule has 1 nitrogen and oxygen atoms in total. The van der Waals surface area contributed by atoms with Gasteiger partial charge in [-0.3, -0.25) is 0 Å². The van der Waals surface area contributed by atoms with E-state index in [1.807, 2.05) is 17.5 Å². The first-order chi connectivity index (χ1) is 7.77. The molecule has 0 fully saturated rings. The van der Waals surface area contributed by atoms with Gasteiger partial charge in [-0.15, -0.1) is 11.3 Å². The molecule has 1 heterocycles. The highest BCUT2D eigenvalue weighted by molar-refractivity contribution is 7.12. The van der Waals surface area contributed by atoms with Gasteiger partial charge in [0.2, 0.25) is 0 Å². The zero-order valence-electron chi connectivity index (χ0n) is 10.6. The SMILES string of the molecule is C=C(CCCCC)c1cnc(CCCC)s1. The minimum absolute atomic E-state index is 1.13. The molecule has 0 aliphatic carbocycles. The second kappa shape index (κ2) is 7.61. The van der Waals surface area contributed by atoms with Crippen LogP contribution in [0, 0.1) is 0 Å². The molecule has 0 aliphatic heterocycles. The van der Waals surface area contributed by atoms with Crippen molar-refractivity contribution >= 4 is 16.9 Å². The molecular formula is C14H23NS. The van der Waals surface area contributed by atoms with Crippen molar-refractivity contribution in [2.24, 2.45) is 0 Å². The van der Waals surface area contributed by atoms with Gasteiger partial charge in [0.25, 0.3) is 0 Å². The molecule has 0 saturated heterocycles. The molecule has 0 unspecified atom stereocenters. The first-order valence-corrected chi connectivity index (χ1v) is 7.22. The monoisotopic (exact) mass is 237 g/mol. The van der Waals surface area contributed by atoms with Crippen molar-refractivity contribution in [3.05, 3.63) is 22.7 Å². The molecule has 0 spiro atoms. The lowest BCUT2D eigenvalue weighted by atomic mass is 10.1. The Morgan fingerprint density at radius 2 is 2.00 bits per heavy atom. The van der Waals surface area contributed by atoms with E-state index in [-0.39, 0.29) is 0 Å². The van der Waals surface area contributed by atoms with E-state index in [1.54, 1.807) is 0 Å². The van der Waals surface area contributed by atoms with Gasteiger partial charge in [0, 0.05) is 11.1 Å². The molecule has 1 rings (SSSR count). The molecule has 90 valence electrons. The van der Waals surface area contributed by atoms with Crippen LogP contribution in [0.15, 0.2) is 12.8 Å². The summed E-state index contributed by atoms with van der Waals surface area (Å²) in [5.41, 5.74) is 1.27. The van der Waals surface area contributed by atoms with E-state index in [1.165, 1.54) is 47.6 Å². The van der Waals surface area contributed by atoms with Crippen LogP contribution in [0.5, 0.6) is 0 Å². The topological polar surface area (TPSA) is 12.9 Å². The van der Waals surface area contributed by atoms with E-state index in [4.69, 9.17) is 0 Å². The Hall–Kier alpha value is -0.630. The molecule has 2 heteroatoms. The standard InChI is InChI=1S/C14H23NS/c1-4-6-8-9-12(3)13-11-15-14(16-13)10-7-5-2/h11H,3-10H2,1-2H3. The highest BCUT2D eigenvalue weighted by Crippen LogP contribution is 2.25. The van der Waals surface area contributed by atoms with Crippen LogP contribution in [0.25, 0.3) is 5.57 Å². The maximum atomic E-state index is 4.46. The molecule has 0 aliphatic rings. The fraction of sp³-hybridized carbons (Fsp3) is 0.643. The fourth-order valence-electron chi connectivity index (χ4n) is 1.63. The minimum atomic E-state index is 1.13. The van der Waals surface area contributed by atoms with Crippen LogP contribution >= 0.6 is 11.3 Å². The van der Waals surface area contributed by atoms with Gasteiger partial charge in [-0.25, -0.2) is 4.98 Å². The van der Waals surface area contributed by atoms with E-state index in [0.717, 1.165) is 12.8 Å². The number of rotatable bonds is 8. The molecule has 1 aromatic heterocycles. The molecule has 16 heavy (non-hydrogen) atoms. The van der Waals surface area contributed by atoms with Crippen LogP contribution in [-0.2, 0) is 6.42 Å². The second-order valence-corrected chi connectivity index (χ2v) is 5.40. The van der Waals surface area contributed by atoms with Gasteiger partial charge in [0.05, 0.1) is 5.01 Å². The first kappa shape index (κ1) is 13.4. The van der Waals surface area contributed by atoms with Crippen molar-refractivity contribution in [3.63, 3.8) is 0 Å². The van der Waals surface area contributed by atoms with Gasteiger partial charge in [0.1, 0.15) is 0 Å². The van der Waals surface area contributed by atoms with E-state index >= 15 is 0 Å². The van der Waals surface area contributed by atoms with Crippen LogP contribution in [0.4, 0.5) is 0 Å². The molecule has 1 aromatic rings. The van der Waals surface area contributed by atoms with Gasteiger partial charge in [0.15, 0.2) is 0 Å². The van der Waals surface area contributed by atoms with Crippen LogP contribution in [-0.4, -0.2) is 4.98 Å². The third kappa shape index (κ3) is 4.48. The predicted octanol–water partition coefficient (Wildman–Crippen LogP) is 5.08. The molecule has 0 amide bonds. The summed E-state index contributed by atoms with van der Waals surface area (Å²) < 4.78 is 0. The quantitative estimate of drug-likeness (QED) is 0.575. The summed E-state index contributed by atoms with van der Waals surface area (Å²) in [5, 5.41) is 1.27. The largest absolute Gasteiger partial charge is 0.249 e. The first-order valence-electron chi connectivity index (χ1n) is 6.40. The van der Waals surface area contributed by atoms with Gasteiger partial charge >= 0.3 is 0 Å². The smallest absolute Gasteiger partial charge is 0.0931 e. The molecule has 0 bridgehead atoms. The van der Waals surface area contributed by atoms with Crippen molar-refractivity contribution in [1.82, 2.24) is 4.98 Å². The summed E-state index contributed by atoms with van der Waals surface area (Å²) in [5.74, 6) is 0. The summed E-state index contributed by atoms with van der Waals surface area (Å²) >= 11 is 1.83. The van der Waals surface area contributed by atoms with E-state index in [9.17, 15) is 0 Å². The summed E-state index contributed by atoms with van der Waals surface area (Å²) in [6, 6.07) is 0. The third-order valence-corrected chi connectivity index (χ3v) is 3.89. The Balaban J connectivity index is 2.40. The third-order valence-electron chi connectivity index (χ3n) is 2.73. The number of aryl methyl sites for hydroxylation is 1. The Morgan fingerprint density at radius 1 is 1.25 bits per heavy atom. The van der Waals surface area contributed by atoms with E-state index in [2.05, 4.69) is 25.4 Å². The minimum Gasteiger partial charge on any atom is -0.249 e. The average molecular weight is 237 g/mol. The van der Waals surface area contributed by atoms with Crippen molar-refractivity contribution in [2.45, 2.75) is 58.8 Å². The molecule has 0 N–H and O–H groups in total. The van der Waals surface area contributed by atoms with Crippen molar-refractivity contribution in [1.29, 1.82) is 0 Å². The van der Waals surface area contributed by atoms with E-state index in [0.29, 0.717) is 0 Å². The van der Waals surface area contributed by atoms with Crippen LogP contribution in [0.2, 0.25) is 0 Å². The van der Waals surface area contributed by atoms with Gasteiger partial charge in [-0.1, -0.05) is 39.7 Å². The Labute approximate surface area is 104 Å². The number of aromatic nitrogens is 1. The Morgan fingerprint density at radius 3 is 2.69 bits per heavy atom. The van der Waals surface area contributed by atoms with Crippen molar-refractivity contribution < 1.29 is 0 Å². The normalized spacial score (nSPS) is 10.6. The summed E-state index contributed by atoms with van der Waals surface area (Å²) in [6.45, 7) is 8.62. The Bertz CT molecular complexity index is 314. The zero-order valence-corrected chi connectivity index (χ0v) is 11.4. The average Bonchev–Trinajstić information content (AvgIpc) is 2.75. The lowest BCUT2D eigenvalue weighted by Gasteiger charge is -2.00. The van der Waals surface area contributed by atoms with Gasteiger partial charge in [-0.2, -0.15) is 0 Å². The number of unbranched alkanes of at least 4 members (excludes halogenated alkanes) is 3. The predicted molar refractivity (Wildman–Crippen MR) is 73.9 cm³/mol. The highest BCUT2D eigenvalue weighted by atomic mass is 32.1. The van der Waals surface area contributed by atoms with Crippen molar-refractivity contribution in [2.75, 3.05) is 0 Å².